The Balaban J connectivity index is 1.59. The fourth-order valence-corrected chi connectivity index (χ4v) is 4.86. The number of nitrogens with zero attached hydrogens (tertiary/aromatic N) is 2. The van der Waals surface area contributed by atoms with Crippen molar-refractivity contribution >= 4 is 37.2 Å². The lowest BCUT2D eigenvalue weighted by Gasteiger charge is -2.39. The first-order chi connectivity index (χ1) is 13.0. The molecule has 1 aliphatic heterocycles. The van der Waals surface area contributed by atoms with Gasteiger partial charge in [-0.25, -0.2) is 0 Å². The third-order valence-corrected chi connectivity index (χ3v) is 11.2. The van der Waals surface area contributed by atoms with Crippen LogP contribution in [0, 0.1) is 0 Å². The van der Waals surface area contributed by atoms with Crippen LogP contribution in [-0.2, 0) is 15.8 Å². The molecule has 0 radical (unpaired) electrons. The number of hydrogen-bond donors (Lipinski definition) is 1. The lowest BCUT2D eigenvalue weighted by molar-refractivity contribution is -0.126. The van der Waals surface area contributed by atoms with Crippen molar-refractivity contribution in [3.8, 4) is 10.6 Å². The van der Waals surface area contributed by atoms with Gasteiger partial charge in [0.05, 0.1) is 34.1 Å². The zero-order valence-electron chi connectivity index (χ0n) is 17.0. The maximum atomic E-state index is 12.2. The number of rotatable bonds is 6. The highest BCUT2D eigenvalue weighted by Crippen LogP contribution is 2.36. The van der Waals surface area contributed by atoms with Crippen molar-refractivity contribution in [1.29, 1.82) is 0 Å². The van der Waals surface area contributed by atoms with Crippen LogP contribution in [0.1, 0.15) is 26.5 Å². The van der Waals surface area contributed by atoms with Gasteiger partial charge in [-0.2, -0.15) is 0 Å². The van der Waals surface area contributed by atoms with Crippen LogP contribution < -0.4 is 5.32 Å². The van der Waals surface area contributed by atoms with Crippen molar-refractivity contribution in [2.75, 3.05) is 19.7 Å². The van der Waals surface area contributed by atoms with E-state index in [1.807, 2.05) is 18.2 Å². The van der Waals surface area contributed by atoms with Crippen LogP contribution in [0.5, 0.6) is 0 Å². The SMILES string of the molecule is CC(C)(C)[Si](C)(C)OC[C@H]1CN(Cc2cc(-c3ccc(Cl)s3)on2)CC(=O)N1. The van der Waals surface area contributed by atoms with E-state index in [4.69, 9.17) is 20.6 Å². The monoisotopic (exact) mass is 441 g/mol. The predicted octanol–water partition coefficient (Wildman–Crippen LogP) is 4.38. The zero-order chi connectivity index (χ0) is 20.5. The Bertz CT molecular complexity index is 831. The molecule has 0 spiro atoms. The largest absolute Gasteiger partial charge is 0.415 e. The molecule has 0 aliphatic carbocycles. The fourth-order valence-electron chi connectivity index (χ4n) is 2.82. The number of thiophene rings is 1. The Kier molecular flexibility index (Phi) is 6.36. The van der Waals surface area contributed by atoms with E-state index in [9.17, 15) is 4.79 Å². The van der Waals surface area contributed by atoms with Crippen LogP contribution in [0.4, 0.5) is 0 Å². The fraction of sp³-hybridized carbons (Fsp3) is 0.579. The average molecular weight is 442 g/mol. The first-order valence-electron chi connectivity index (χ1n) is 9.40. The molecule has 1 N–H and O–H groups in total. The summed E-state index contributed by atoms with van der Waals surface area (Å²) in [6.45, 7) is 13.3. The van der Waals surface area contributed by atoms with Gasteiger partial charge in [-0.05, 0) is 30.3 Å². The molecule has 0 saturated carbocycles. The third kappa shape index (κ3) is 5.24. The first kappa shape index (κ1) is 21.5. The molecule has 9 heteroatoms. The summed E-state index contributed by atoms with van der Waals surface area (Å²) in [6, 6.07) is 5.65. The summed E-state index contributed by atoms with van der Waals surface area (Å²) in [5.41, 5.74) is 0.804. The minimum absolute atomic E-state index is 0.0159. The summed E-state index contributed by atoms with van der Waals surface area (Å²) < 4.78 is 12.5. The van der Waals surface area contributed by atoms with Crippen LogP contribution in [0.25, 0.3) is 10.6 Å². The lowest BCUT2D eigenvalue weighted by Crippen LogP contribution is -2.56. The molecule has 2 aromatic heterocycles. The summed E-state index contributed by atoms with van der Waals surface area (Å²) in [5.74, 6) is 0.718. The normalized spacial score (nSPS) is 19.1. The van der Waals surface area contributed by atoms with E-state index in [-0.39, 0.29) is 17.0 Å². The molecule has 3 rings (SSSR count). The van der Waals surface area contributed by atoms with Crippen LogP contribution in [-0.4, -0.2) is 50.0 Å². The quantitative estimate of drug-likeness (QED) is 0.673. The second-order valence-corrected chi connectivity index (χ2v) is 15.3. The topological polar surface area (TPSA) is 67.6 Å². The average Bonchev–Trinajstić information content (AvgIpc) is 3.20. The Morgan fingerprint density at radius 3 is 2.82 bits per heavy atom. The molecule has 1 fully saturated rings. The van der Waals surface area contributed by atoms with Crippen molar-refractivity contribution in [1.82, 2.24) is 15.4 Å². The van der Waals surface area contributed by atoms with Crippen molar-refractivity contribution in [3.05, 3.63) is 28.2 Å². The summed E-state index contributed by atoms with van der Waals surface area (Å²) >= 11 is 7.44. The molecular formula is C19H28ClN3O3SSi. The number of carbonyl (C=O) groups is 1. The Labute approximate surface area is 176 Å². The van der Waals surface area contributed by atoms with Gasteiger partial charge in [0.15, 0.2) is 14.1 Å². The van der Waals surface area contributed by atoms with Gasteiger partial charge in [-0.3, -0.25) is 9.69 Å². The number of nitrogens with one attached hydrogen (secondary N) is 1. The summed E-state index contributed by atoms with van der Waals surface area (Å²) in [7, 11) is -1.85. The summed E-state index contributed by atoms with van der Waals surface area (Å²) in [6.07, 6.45) is 0. The van der Waals surface area contributed by atoms with Crippen molar-refractivity contribution < 1.29 is 13.7 Å². The highest BCUT2D eigenvalue weighted by molar-refractivity contribution is 7.19. The molecule has 1 saturated heterocycles. The highest BCUT2D eigenvalue weighted by atomic mass is 35.5. The number of hydrogen-bond acceptors (Lipinski definition) is 6. The zero-order valence-corrected chi connectivity index (χ0v) is 19.6. The van der Waals surface area contributed by atoms with Gasteiger partial charge in [0.25, 0.3) is 0 Å². The number of halogens is 1. The Morgan fingerprint density at radius 1 is 1.43 bits per heavy atom. The van der Waals surface area contributed by atoms with Crippen molar-refractivity contribution in [2.45, 2.75) is 51.5 Å². The maximum Gasteiger partial charge on any atom is 0.234 e. The van der Waals surface area contributed by atoms with Gasteiger partial charge in [-0.1, -0.05) is 37.5 Å². The second-order valence-electron chi connectivity index (χ2n) is 8.79. The standard InChI is InChI=1S/C19H28ClN3O3SSi/c1-19(2,3)28(4,5)25-12-14-10-23(11-18(24)21-14)9-13-8-15(26-22-13)16-6-7-17(20)27-16/h6-8,14H,9-12H2,1-5H3,(H,21,24)/t14-/m1/s1. The van der Waals surface area contributed by atoms with Gasteiger partial charge in [-0.15, -0.1) is 11.3 Å². The van der Waals surface area contributed by atoms with Crippen LogP contribution in [0.2, 0.25) is 22.5 Å². The summed E-state index contributed by atoms with van der Waals surface area (Å²) in [5, 5.41) is 7.35. The minimum Gasteiger partial charge on any atom is -0.415 e. The van der Waals surface area contributed by atoms with E-state index in [1.54, 1.807) is 0 Å². The van der Waals surface area contributed by atoms with Crippen LogP contribution in [0.3, 0.4) is 0 Å². The number of piperazine rings is 1. The molecule has 28 heavy (non-hydrogen) atoms. The molecule has 0 aromatic carbocycles. The lowest BCUT2D eigenvalue weighted by atomic mass is 10.2. The van der Waals surface area contributed by atoms with Crippen LogP contribution in [0.15, 0.2) is 22.7 Å². The molecule has 6 nitrogen and oxygen atoms in total. The maximum absolute atomic E-state index is 12.2. The van der Waals surface area contributed by atoms with Crippen molar-refractivity contribution in [3.63, 3.8) is 0 Å². The molecule has 0 unspecified atom stereocenters. The Morgan fingerprint density at radius 2 is 2.18 bits per heavy atom. The smallest absolute Gasteiger partial charge is 0.234 e. The van der Waals surface area contributed by atoms with Gasteiger partial charge in [0, 0.05) is 19.2 Å². The third-order valence-electron chi connectivity index (χ3n) is 5.42. The molecule has 0 bridgehead atoms. The van der Waals surface area contributed by atoms with E-state index in [2.05, 4.69) is 49.2 Å². The highest BCUT2D eigenvalue weighted by Gasteiger charge is 2.38. The van der Waals surface area contributed by atoms with Gasteiger partial charge >= 0.3 is 0 Å². The molecule has 2 aromatic rings. The van der Waals surface area contributed by atoms with E-state index in [0.29, 0.717) is 29.8 Å². The van der Waals surface area contributed by atoms with Crippen molar-refractivity contribution in [2.24, 2.45) is 0 Å². The van der Waals surface area contributed by atoms with E-state index in [0.717, 1.165) is 17.1 Å². The number of carbonyl (C=O) groups excluding carboxylic acids is 1. The summed E-state index contributed by atoms with van der Waals surface area (Å²) in [4.78, 5) is 15.2. The van der Waals surface area contributed by atoms with Gasteiger partial charge in [0.1, 0.15) is 0 Å². The van der Waals surface area contributed by atoms with E-state index in [1.165, 1.54) is 11.3 Å². The number of amides is 1. The molecule has 154 valence electrons. The minimum atomic E-state index is -1.85. The second kappa shape index (κ2) is 8.28. The molecule has 1 amide bonds. The molecule has 3 heterocycles. The molecule has 1 aliphatic rings. The molecule has 1 atom stereocenters. The number of aromatic nitrogens is 1. The predicted molar refractivity (Wildman–Crippen MR) is 115 cm³/mol. The van der Waals surface area contributed by atoms with Gasteiger partial charge in [0.2, 0.25) is 5.91 Å². The van der Waals surface area contributed by atoms with E-state index >= 15 is 0 Å². The first-order valence-corrected chi connectivity index (χ1v) is 13.5. The molecular weight excluding hydrogens is 414 g/mol. The van der Waals surface area contributed by atoms with Gasteiger partial charge < -0.3 is 14.3 Å². The van der Waals surface area contributed by atoms with E-state index < -0.39 is 8.32 Å². The Hall–Kier alpha value is -1.19. The van der Waals surface area contributed by atoms with Crippen LogP contribution >= 0.6 is 22.9 Å².